The minimum absolute atomic E-state index is 0.0185. The fourth-order valence-corrected chi connectivity index (χ4v) is 1.62. The summed E-state index contributed by atoms with van der Waals surface area (Å²) in [6.45, 7) is 1.90. The second kappa shape index (κ2) is 4.41. The standard InChI is InChI=1S/C13H14N2O/c1-2-11(14)13(16)10-6-5-9-4-3-7-15-12(9)8-10/h3-8,11H,2,14H2,1H3. The molecule has 2 rings (SSSR count). The van der Waals surface area contributed by atoms with E-state index < -0.39 is 6.04 Å². The number of carbonyl (C=O) groups excluding carboxylic acids is 1. The maximum atomic E-state index is 11.9. The van der Waals surface area contributed by atoms with Gasteiger partial charge < -0.3 is 5.73 Å². The number of nitrogens with two attached hydrogens (primary N) is 1. The van der Waals surface area contributed by atoms with Crippen molar-refractivity contribution in [3.8, 4) is 0 Å². The number of aromatic nitrogens is 1. The quantitative estimate of drug-likeness (QED) is 0.796. The molecule has 0 saturated carbocycles. The Bertz CT molecular complexity index is 522. The van der Waals surface area contributed by atoms with Crippen LogP contribution in [0.4, 0.5) is 0 Å². The topological polar surface area (TPSA) is 56.0 Å². The van der Waals surface area contributed by atoms with Gasteiger partial charge in [0, 0.05) is 17.1 Å². The van der Waals surface area contributed by atoms with Crippen molar-refractivity contribution in [2.24, 2.45) is 5.73 Å². The van der Waals surface area contributed by atoms with Gasteiger partial charge in [0.15, 0.2) is 5.78 Å². The number of rotatable bonds is 3. The number of benzene rings is 1. The molecule has 0 amide bonds. The summed E-state index contributed by atoms with van der Waals surface area (Å²) in [4.78, 5) is 16.1. The van der Waals surface area contributed by atoms with Crippen LogP contribution in [-0.2, 0) is 0 Å². The first-order chi connectivity index (χ1) is 7.72. The molecule has 0 spiro atoms. The Morgan fingerprint density at radius 1 is 1.44 bits per heavy atom. The van der Waals surface area contributed by atoms with Gasteiger partial charge in [0.05, 0.1) is 11.6 Å². The second-order valence-electron chi connectivity index (χ2n) is 3.79. The van der Waals surface area contributed by atoms with E-state index >= 15 is 0 Å². The van der Waals surface area contributed by atoms with Gasteiger partial charge >= 0.3 is 0 Å². The predicted molar refractivity (Wildman–Crippen MR) is 64.3 cm³/mol. The molecule has 3 heteroatoms. The zero-order valence-electron chi connectivity index (χ0n) is 9.18. The molecule has 1 aromatic carbocycles. The smallest absolute Gasteiger partial charge is 0.179 e. The van der Waals surface area contributed by atoms with Gasteiger partial charge in [-0.3, -0.25) is 9.78 Å². The second-order valence-corrected chi connectivity index (χ2v) is 3.79. The first kappa shape index (κ1) is 10.8. The molecular formula is C13H14N2O. The lowest BCUT2D eigenvalue weighted by Gasteiger charge is -2.07. The minimum atomic E-state index is -0.416. The van der Waals surface area contributed by atoms with Crippen LogP contribution in [0.3, 0.4) is 0 Å². The Kier molecular flexibility index (Phi) is 2.97. The maximum absolute atomic E-state index is 11.9. The van der Waals surface area contributed by atoms with Crippen molar-refractivity contribution < 1.29 is 4.79 Å². The van der Waals surface area contributed by atoms with E-state index in [0.717, 1.165) is 10.9 Å². The van der Waals surface area contributed by atoms with Gasteiger partial charge in [0.1, 0.15) is 0 Å². The molecule has 2 aromatic rings. The molecule has 82 valence electrons. The summed E-state index contributed by atoms with van der Waals surface area (Å²) in [6, 6.07) is 8.94. The monoisotopic (exact) mass is 214 g/mol. The number of fused-ring (bicyclic) bond motifs is 1. The average molecular weight is 214 g/mol. The molecule has 0 saturated heterocycles. The molecule has 0 aliphatic heterocycles. The number of nitrogens with zero attached hydrogens (tertiary/aromatic N) is 1. The van der Waals surface area contributed by atoms with E-state index in [-0.39, 0.29) is 5.78 Å². The Balaban J connectivity index is 2.43. The van der Waals surface area contributed by atoms with Gasteiger partial charge in [-0.15, -0.1) is 0 Å². The molecule has 0 fully saturated rings. The molecule has 3 nitrogen and oxygen atoms in total. The van der Waals surface area contributed by atoms with Gasteiger partial charge in [-0.25, -0.2) is 0 Å². The Labute approximate surface area is 94.3 Å². The third kappa shape index (κ3) is 1.95. The summed E-state index contributed by atoms with van der Waals surface area (Å²) in [5.74, 6) is -0.0185. The molecule has 16 heavy (non-hydrogen) atoms. The Morgan fingerprint density at radius 2 is 2.25 bits per heavy atom. The molecule has 0 aliphatic rings. The molecule has 2 N–H and O–H groups in total. The van der Waals surface area contributed by atoms with E-state index in [1.165, 1.54) is 0 Å². The van der Waals surface area contributed by atoms with E-state index in [1.807, 2.05) is 31.2 Å². The first-order valence-corrected chi connectivity index (χ1v) is 5.37. The zero-order valence-corrected chi connectivity index (χ0v) is 9.18. The van der Waals surface area contributed by atoms with Crippen LogP contribution in [0.5, 0.6) is 0 Å². The van der Waals surface area contributed by atoms with E-state index in [1.54, 1.807) is 12.3 Å². The number of hydrogen-bond acceptors (Lipinski definition) is 3. The number of ketones is 1. The van der Waals surface area contributed by atoms with E-state index in [0.29, 0.717) is 12.0 Å². The molecule has 1 heterocycles. The molecule has 1 unspecified atom stereocenters. The maximum Gasteiger partial charge on any atom is 0.179 e. The van der Waals surface area contributed by atoms with Crippen LogP contribution in [0.1, 0.15) is 23.7 Å². The van der Waals surface area contributed by atoms with Crippen LogP contribution in [-0.4, -0.2) is 16.8 Å². The van der Waals surface area contributed by atoms with Crippen LogP contribution in [0.2, 0.25) is 0 Å². The fourth-order valence-electron chi connectivity index (χ4n) is 1.62. The first-order valence-electron chi connectivity index (χ1n) is 5.37. The molecule has 0 aliphatic carbocycles. The SMILES string of the molecule is CCC(N)C(=O)c1ccc2cccnc2c1. The predicted octanol–water partition coefficient (Wildman–Crippen LogP) is 2.15. The highest BCUT2D eigenvalue weighted by Crippen LogP contribution is 2.14. The highest BCUT2D eigenvalue weighted by atomic mass is 16.1. The van der Waals surface area contributed by atoms with E-state index in [9.17, 15) is 4.79 Å². The van der Waals surface area contributed by atoms with Crippen molar-refractivity contribution in [1.29, 1.82) is 0 Å². The average Bonchev–Trinajstić information content (AvgIpc) is 2.36. The molecule has 1 atom stereocenters. The summed E-state index contributed by atoms with van der Waals surface area (Å²) < 4.78 is 0. The molecule has 0 bridgehead atoms. The number of pyridine rings is 1. The normalized spacial score (nSPS) is 12.6. The third-order valence-corrected chi connectivity index (χ3v) is 2.67. The Morgan fingerprint density at radius 3 is 3.00 bits per heavy atom. The molecular weight excluding hydrogens is 200 g/mol. The van der Waals surface area contributed by atoms with Gasteiger partial charge in [0.2, 0.25) is 0 Å². The lowest BCUT2D eigenvalue weighted by atomic mass is 10.0. The van der Waals surface area contributed by atoms with Crippen LogP contribution in [0.15, 0.2) is 36.5 Å². The summed E-state index contributed by atoms with van der Waals surface area (Å²) in [7, 11) is 0. The van der Waals surface area contributed by atoms with Crippen LogP contribution in [0.25, 0.3) is 10.9 Å². The van der Waals surface area contributed by atoms with E-state index in [2.05, 4.69) is 4.98 Å². The van der Waals surface area contributed by atoms with Crippen molar-refractivity contribution >= 4 is 16.7 Å². The van der Waals surface area contributed by atoms with Crippen molar-refractivity contribution in [2.75, 3.05) is 0 Å². The lowest BCUT2D eigenvalue weighted by molar-refractivity contribution is 0.0959. The minimum Gasteiger partial charge on any atom is -0.321 e. The summed E-state index contributed by atoms with van der Waals surface area (Å²) in [5, 5.41) is 1.03. The molecule has 1 aromatic heterocycles. The van der Waals surface area contributed by atoms with Gasteiger partial charge in [-0.1, -0.05) is 25.1 Å². The van der Waals surface area contributed by atoms with Crippen LogP contribution < -0.4 is 5.73 Å². The van der Waals surface area contributed by atoms with Gasteiger partial charge in [0.25, 0.3) is 0 Å². The summed E-state index contributed by atoms with van der Waals surface area (Å²) in [5.41, 5.74) is 7.19. The van der Waals surface area contributed by atoms with Crippen molar-refractivity contribution in [1.82, 2.24) is 4.98 Å². The summed E-state index contributed by atoms with van der Waals surface area (Å²) >= 11 is 0. The number of hydrogen-bond donors (Lipinski definition) is 1. The Hall–Kier alpha value is -1.74. The van der Waals surface area contributed by atoms with Gasteiger partial charge in [-0.2, -0.15) is 0 Å². The largest absolute Gasteiger partial charge is 0.321 e. The van der Waals surface area contributed by atoms with Gasteiger partial charge in [-0.05, 0) is 18.6 Å². The van der Waals surface area contributed by atoms with Crippen molar-refractivity contribution in [2.45, 2.75) is 19.4 Å². The zero-order chi connectivity index (χ0) is 11.5. The highest BCUT2D eigenvalue weighted by molar-refractivity contribution is 6.02. The number of carbonyl (C=O) groups is 1. The third-order valence-electron chi connectivity index (χ3n) is 2.67. The fraction of sp³-hybridized carbons (Fsp3) is 0.231. The summed E-state index contributed by atoms with van der Waals surface area (Å²) in [6.07, 6.45) is 2.37. The van der Waals surface area contributed by atoms with Crippen LogP contribution >= 0.6 is 0 Å². The van der Waals surface area contributed by atoms with E-state index in [4.69, 9.17) is 5.73 Å². The van der Waals surface area contributed by atoms with Crippen molar-refractivity contribution in [3.05, 3.63) is 42.1 Å². The van der Waals surface area contributed by atoms with Crippen LogP contribution in [0, 0.1) is 0 Å². The van der Waals surface area contributed by atoms with Crippen molar-refractivity contribution in [3.63, 3.8) is 0 Å². The highest BCUT2D eigenvalue weighted by Gasteiger charge is 2.13. The lowest BCUT2D eigenvalue weighted by Crippen LogP contribution is -2.29. The molecule has 0 radical (unpaired) electrons. The number of Topliss-reactive ketones (excluding diaryl/α,β-unsaturated/α-hetero) is 1.